The van der Waals surface area contributed by atoms with Crippen molar-refractivity contribution in [1.82, 2.24) is 15.5 Å². The van der Waals surface area contributed by atoms with Crippen molar-refractivity contribution >= 4 is 47.6 Å². The fourth-order valence-electron chi connectivity index (χ4n) is 2.73. The number of aliphatic imine (C=N–C) groups is 1. The Bertz CT molecular complexity index is 844. The molecule has 0 saturated heterocycles. The Morgan fingerprint density at radius 2 is 1.81 bits per heavy atom. The molecule has 2 aromatic carbocycles. The van der Waals surface area contributed by atoms with Crippen molar-refractivity contribution < 1.29 is 9.53 Å². The zero-order valence-electron chi connectivity index (χ0n) is 18.8. The summed E-state index contributed by atoms with van der Waals surface area (Å²) in [5.41, 5.74) is 1.78. The van der Waals surface area contributed by atoms with E-state index < -0.39 is 0 Å². The second-order valence-electron chi connectivity index (χ2n) is 7.27. The maximum atomic E-state index is 12.0. The fourth-order valence-corrected chi connectivity index (χ4v) is 3.78. The van der Waals surface area contributed by atoms with E-state index in [-0.39, 0.29) is 29.9 Å². The Labute approximate surface area is 207 Å². The summed E-state index contributed by atoms with van der Waals surface area (Å²) >= 11 is 1.80. The van der Waals surface area contributed by atoms with Gasteiger partial charge in [-0.25, -0.2) is 0 Å². The van der Waals surface area contributed by atoms with Gasteiger partial charge in [-0.1, -0.05) is 31.2 Å². The number of rotatable bonds is 9. The molecule has 2 rings (SSSR count). The quantitative estimate of drug-likeness (QED) is 0.211. The number of nitrogens with zero attached hydrogens (tertiary/aromatic N) is 2. The molecule has 0 aromatic heterocycles. The normalized spacial score (nSPS) is 11.8. The second kappa shape index (κ2) is 14.2. The first-order valence-corrected chi connectivity index (χ1v) is 10.9. The van der Waals surface area contributed by atoms with Gasteiger partial charge in [0, 0.05) is 50.4 Å². The monoisotopic (exact) mass is 556 g/mol. The minimum atomic E-state index is 0. The Balaban J connectivity index is 0.00000480. The van der Waals surface area contributed by atoms with Crippen molar-refractivity contribution in [2.24, 2.45) is 10.9 Å². The van der Waals surface area contributed by atoms with E-state index in [9.17, 15) is 4.79 Å². The van der Waals surface area contributed by atoms with Gasteiger partial charge in [-0.05, 0) is 35.7 Å². The van der Waals surface area contributed by atoms with E-state index in [1.807, 2.05) is 42.5 Å². The Hall–Kier alpha value is -1.94. The standard InChI is InChI=1S/C23H32N4O2S.HI/c1-17(16-30-21-9-7-6-8-20(21)29-5)14-25-23(24-2)26-15-18-10-12-19(13-11-18)22(28)27(3)4;/h6-13,17H,14-16H2,1-5H3,(H2,24,25,26);1H. The van der Waals surface area contributed by atoms with Crippen LogP contribution in [0.5, 0.6) is 5.75 Å². The van der Waals surface area contributed by atoms with E-state index in [0.29, 0.717) is 18.0 Å². The van der Waals surface area contributed by atoms with Crippen LogP contribution in [0.25, 0.3) is 0 Å². The Morgan fingerprint density at radius 1 is 1.13 bits per heavy atom. The molecule has 1 amide bonds. The van der Waals surface area contributed by atoms with Crippen LogP contribution < -0.4 is 15.4 Å². The summed E-state index contributed by atoms with van der Waals surface area (Å²) < 4.78 is 5.41. The predicted molar refractivity (Wildman–Crippen MR) is 141 cm³/mol. The van der Waals surface area contributed by atoms with Gasteiger partial charge in [0.1, 0.15) is 5.75 Å². The fraction of sp³-hybridized carbons (Fsp3) is 0.391. The summed E-state index contributed by atoms with van der Waals surface area (Å²) in [6, 6.07) is 15.7. The third-order valence-electron chi connectivity index (χ3n) is 4.50. The number of benzene rings is 2. The average Bonchev–Trinajstić information content (AvgIpc) is 2.77. The Morgan fingerprint density at radius 3 is 2.42 bits per heavy atom. The van der Waals surface area contributed by atoms with E-state index in [1.165, 1.54) is 0 Å². The number of para-hydroxylation sites is 1. The number of guanidine groups is 1. The maximum absolute atomic E-state index is 12.0. The van der Waals surface area contributed by atoms with Gasteiger partial charge in [0.2, 0.25) is 0 Å². The molecule has 0 radical (unpaired) electrons. The third-order valence-corrected chi connectivity index (χ3v) is 5.89. The highest BCUT2D eigenvalue weighted by molar-refractivity contribution is 14.0. The first kappa shape index (κ1) is 27.1. The summed E-state index contributed by atoms with van der Waals surface area (Å²) in [6.07, 6.45) is 0. The maximum Gasteiger partial charge on any atom is 0.253 e. The van der Waals surface area contributed by atoms with Crippen molar-refractivity contribution in [2.45, 2.75) is 18.4 Å². The van der Waals surface area contributed by atoms with E-state index >= 15 is 0 Å². The third kappa shape index (κ3) is 8.98. The zero-order valence-corrected chi connectivity index (χ0v) is 22.0. The van der Waals surface area contributed by atoms with Crippen molar-refractivity contribution in [3.05, 3.63) is 59.7 Å². The van der Waals surface area contributed by atoms with E-state index in [1.54, 1.807) is 44.9 Å². The van der Waals surface area contributed by atoms with Crippen LogP contribution in [0.1, 0.15) is 22.8 Å². The van der Waals surface area contributed by atoms with Gasteiger partial charge in [0.15, 0.2) is 5.96 Å². The lowest BCUT2D eigenvalue weighted by Crippen LogP contribution is -2.39. The molecule has 0 aliphatic rings. The van der Waals surface area contributed by atoms with Crippen molar-refractivity contribution in [1.29, 1.82) is 0 Å². The largest absolute Gasteiger partial charge is 0.496 e. The Kier molecular flexibility index (Phi) is 12.4. The van der Waals surface area contributed by atoms with E-state index in [2.05, 4.69) is 28.6 Å². The molecule has 8 heteroatoms. The lowest BCUT2D eigenvalue weighted by molar-refractivity contribution is 0.0827. The molecule has 0 saturated carbocycles. The molecule has 6 nitrogen and oxygen atoms in total. The van der Waals surface area contributed by atoms with E-state index in [0.717, 1.165) is 34.5 Å². The van der Waals surface area contributed by atoms with Crippen LogP contribution >= 0.6 is 35.7 Å². The number of halogens is 1. The van der Waals surface area contributed by atoms with Gasteiger partial charge in [-0.15, -0.1) is 35.7 Å². The highest BCUT2D eigenvalue weighted by atomic mass is 127. The molecule has 2 aromatic rings. The summed E-state index contributed by atoms with van der Waals surface area (Å²) in [7, 11) is 6.97. The molecule has 0 spiro atoms. The summed E-state index contributed by atoms with van der Waals surface area (Å²) in [5, 5.41) is 6.70. The number of carbonyl (C=O) groups is 1. The van der Waals surface area contributed by atoms with Crippen LogP contribution in [0.2, 0.25) is 0 Å². The lowest BCUT2D eigenvalue weighted by Gasteiger charge is -2.17. The molecular weight excluding hydrogens is 523 g/mol. The molecule has 170 valence electrons. The van der Waals surface area contributed by atoms with Gasteiger partial charge < -0.3 is 20.3 Å². The van der Waals surface area contributed by atoms with Crippen LogP contribution in [-0.4, -0.2) is 57.3 Å². The number of nitrogens with one attached hydrogen (secondary N) is 2. The minimum absolute atomic E-state index is 0. The van der Waals surface area contributed by atoms with Crippen LogP contribution in [0.4, 0.5) is 0 Å². The highest BCUT2D eigenvalue weighted by Gasteiger charge is 2.09. The number of hydrogen-bond acceptors (Lipinski definition) is 4. The highest BCUT2D eigenvalue weighted by Crippen LogP contribution is 2.29. The van der Waals surface area contributed by atoms with Crippen LogP contribution in [0.3, 0.4) is 0 Å². The van der Waals surface area contributed by atoms with Gasteiger partial charge in [-0.2, -0.15) is 0 Å². The van der Waals surface area contributed by atoms with Crippen molar-refractivity contribution in [3.63, 3.8) is 0 Å². The van der Waals surface area contributed by atoms with Gasteiger partial charge in [0.25, 0.3) is 5.91 Å². The number of methoxy groups -OCH3 is 1. The average molecular weight is 557 g/mol. The molecule has 2 N–H and O–H groups in total. The number of carbonyl (C=O) groups excluding carboxylic acids is 1. The predicted octanol–water partition coefficient (Wildman–Crippen LogP) is 4.11. The molecular formula is C23H33IN4O2S. The number of ether oxygens (including phenoxy) is 1. The second-order valence-corrected chi connectivity index (χ2v) is 8.33. The molecule has 0 bridgehead atoms. The number of hydrogen-bond donors (Lipinski definition) is 2. The first-order valence-electron chi connectivity index (χ1n) is 9.95. The van der Waals surface area contributed by atoms with Crippen LogP contribution in [0, 0.1) is 5.92 Å². The molecule has 1 unspecified atom stereocenters. The summed E-state index contributed by atoms with van der Waals surface area (Å²) in [6.45, 7) is 3.67. The van der Waals surface area contributed by atoms with Gasteiger partial charge in [0.05, 0.1) is 7.11 Å². The summed E-state index contributed by atoms with van der Waals surface area (Å²) in [5.74, 6) is 3.11. The molecule has 31 heavy (non-hydrogen) atoms. The van der Waals surface area contributed by atoms with Crippen molar-refractivity contribution in [2.75, 3.05) is 40.6 Å². The van der Waals surface area contributed by atoms with Crippen LogP contribution in [0.15, 0.2) is 58.4 Å². The number of thioether (sulfide) groups is 1. The van der Waals surface area contributed by atoms with E-state index in [4.69, 9.17) is 4.74 Å². The van der Waals surface area contributed by atoms with Gasteiger partial charge >= 0.3 is 0 Å². The molecule has 0 heterocycles. The first-order chi connectivity index (χ1) is 14.4. The number of amides is 1. The minimum Gasteiger partial charge on any atom is -0.496 e. The SMILES string of the molecule is CN=C(NCc1ccc(C(=O)N(C)C)cc1)NCC(C)CSc1ccccc1OC.I. The summed E-state index contributed by atoms with van der Waals surface area (Å²) in [4.78, 5) is 19.0. The molecule has 0 aliphatic carbocycles. The smallest absolute Gasteiger partial charge is 0.253 e. The molecule has 0 aliphatic heterocycles. The molecule has 1 atom stereocenters. The lowest BCUT2D eigenvalue weighted by atomic mass is 10.1. The van der Waals surface area contributed by atoms with Crippen LogP contribution in [-0.2, 0) is 6.54 Å². The molecule has 0 fully saturated rings. The topological polar surface area (TPSA) is 66.0 Å². The zero-order chi connectivity index (χ0) is 21.9. The van der Waals surface area contributed by atoms with Crippen molar-refractivity contribution in [3.8, 4) is 5.75 Å². The van der Waals surface area contributed by atoms with Gasteiger partial charge in [-0.3, -0.25) is 9.79 Å².